The molecular formula is C14H23NO2. The van der Waals surface area contributed by atoms with Crippen LogP contribution in [0.25, 0.3) is 0 Å². The van der Waals surface area contributed by atoms with Gasteiger partial charge < -0.3 is 14.8 Å². The van der Waals surface area contributed by atoms with E-state index in [0.29, 0.717) is 13.2 Å². The number of ether oxygens (including phenoxy) is 2. The number of hydrogen-bond acceptors (Lipinski definition) is 3. The zero-order valence-corrected chi connectivity index (χ0v) is 11.2. The lowest BCUT2D eigenvalue weighted by Gasteiger charge is -2.20. The quantitative estimate of drug-likeness (QED) is 0.771. The van der Waals surface area contributed by atoms with Gasteiger partial charge in [0.15, 0.2) is 0 Å². The number of benzene rings is 1. The molecule has 0 aliphatic carbocycles. The van der Waals surface area contributed by atoms with Gasteiger partial charge in [0.25, 0.3) is 0 Å². The molecular weight excluding hydrogens is 214 g/mol. The summed E-state index contributed by atoms with van der Waals surface area (Å²) in [6, 6.07) is 8.00. The minimum absolute atomic E-state index is 0.140. The molecule has 0 atom stereocenters. The largest absolute Gasteiger partial charge is 0.492 e. The molecule has 1 rings (SSSR count). The average Bonchev–Trinajstić information content (AvgIpc) is 2.24. The van der Waals surface area contributed by atoms with E-state index in [1.54, 1.807) is 7.11 Å². The van der Waals surface area contributed by atoms with E-state index in [4.69, 9.17) is 9.47 Å². The normalized spacial score (nSPS) is 11.5. The lowest BCUT2D eigenvalue weighted by Crippen LogP contribution is -2.38. The van der Waals surface area contributed by atoms with Crippen LogP contribution in [0.1, 0.15) is 26.3 Å². The number of hydrogen-bond donors (Lipinski definition) is 1. The van der Waals surface area contributed by atoms with Crippen LogP contribution in [0.4, 0.5) is 0 Å². The molecule has 1 aromatic carbocycles. The maximum Gasteiger partial charge on any atom is 0.119 e. The van der Waals surface area contributed by atoms with E-state index in [-0.39, 0.29) is 5.54 Å². The van der Waals surface area contributed by atoms with Gasteiger partial charge in [0, 0.05) is 19.2 Å². The van der Waals surface area contributed by atoms with Crippen LogP contribution in [-0.2, 0) is 11.3 Å². The van der Waals surface area contributed by atoms with E-state index in [0.717, 1.165) is 17.9 Å². The third-order valence-electron chi connectivity index (χ3n) is 2.24. The summed E-state index contributed by atoms with van der Waals surface area (Å²) >= 11 is 0. The first-order chi connectivity index (χ1) is 8.01. The second kappa shape index (κ2) is 6.62. The molecule has 3 heteroatoms. The van der Waals surface area contributed by atoms with Gasteiger partial charge >= 0.3 is 0 Å². The van der Waals surface area contributed by atoms with E-state index in [1.807, 2.05) is 24.3 Å². The van der Waals surface area contributed by atoms with Crippen LogP contribution < -0.4 is 10.1 Å². The Bertz CT molecular complexity index is 331. The highest BCUT2D eigenvalue weighted by atomic mass is 16.5. The third-order valence-corrected chi connectivity index (χ3v) is 2.24. The Balaban J connectivity index is 2.34. The average molecular weight is 237 g/mol. The maximum atomic E-state index is 5.67. The first-order valence-electron chi connectivity index (χ1n) is 5.97. The Hall–Kier alpha value is -1.06. The molecule has 3 nitrogen and oxygen atoms in total. The second-order valence-electron chi connectivity index (χ2n) is 5.11. The fourth-order valence-electron chi connectivity index (χ4n) is 1.49. The second-order valence-corrected chi connectivity index (χ2v) is 5.11. The lowest BCUT2D eigenvalue weighted by atomic mass is 10.1. The van der Waals surface area contributed by atoms with Crippen molar-refractivity contribution in [1.29, 1.82) is 0 Å². The highest BCUT2D eigenvalue weighted by molar-refractivity contribution is 5.28. The number of nitrogens with one attached hydrogen (secondary N) is 1. The Morgan fingerprint density at radius 3 is 2.65 bits per heavy atom. The minimum atomic E-state index is 0.140. The van der Waals surface area contributed by atoms with Crippen molar-refractivity contribution < 1.29 is 9.47 Å². The minimum Gasteiger partial charge on any atom is -0.492 e. The van der Waals surface area contributed by atoms with Crippen molar-refractivity contribution in [2.45, 2.75) is 32.9 Å². The fraction of sp³-hybridized carbons (Fsp3) is 0.571. The molecule has 96 valence electrons. The first kappa shape index (κ1) is 14.0. The molecule has 0 fully saturated rings. The van der Waals surface area contributed by atoms with Crippen LogP contribution in [0.15, 0.2) is 24.3 Å². The van der Waals surface area contributed by atoms with Gasteiger partial charge in [-0.05, 0) is 38.5 Å². The zero-order chi connectivity index (χ0) is 12.7. The van der Waals surface area contributed by atoms with Crippen LogP contribution >= 0.6 is 0 Å². The molecule has 0 bridgehead atoms. The van der Waals surface area contributed by atoms with Crippen molar-refractivity contribution in [2.75, 3.05) is 20.3 Å². The van der Waals surface area contributed by atoms with E-state index < -0.39 is 0 Å². The highest BCUT2D eigenvalue weighted by Gasteiger charge is 2.07. The summed E-state index contributed by atoms with van der Waals surface area (Å²) < 4.78 is 10.8. The van der Waals surface area contributed by atoms with Crippen molar-refractivity contribution in [2.24, 2.45) is 0 Å². The van der Waals surface area contributed by atoms with Gasteiger partial charge in [0.05, 0.1) is 6.61 Å². The van der Waals surface area contributed by atoms with Gasteiger partial charge in [-0.25, -0.2) is 0 Å². The molecule has 0 aliphatic heterocycles. The summed E-state index contributed by atoms with van der Waals surface area (Å²) in [6.45, 7) is 8.58. The molecule has 0 aromatic heterocycles. The van der Waals surface area contributed by atoms with Crippen LogP contribution in [0.3, 0.4) is 0 Å². The SMILES string of the molecule is COCc1cccc(OCCNC(C)(C)C)c1. The predicted molar refractivity (Wildman–Crippen MR) is 70.4 cm³/mol. The molecule has 0 aliphatic rings. The van der Waals surface area contributed by atoms with Crippen LogP contribution in [0, 0.1) is 0 Å². The van der Waals surface area contributed by atoms with Gasteiger partial charge in [-0.1, -0.05) is 12.1 Å². The predicted octanol–water partition coefficient (Wildman–Crippen LogP) is 2.60. The molecule has 0 unspecified atom stereocenters. The Morgan fingerprint density at radius 1 is 1.24 bits per heavy atom. The Labute approximate surface area is 104 Å². The molecule has 0 spiro atoms. The van der Waals surface area contributed by atoms with E-state index in [9.17, 15) is 0 Å². The summed E-state index contributed by atoms with van der Waals surface area (Å²) in [5.74, 6) is 0.898. The zero-order valence-electron chi connectivity index (χ0n) is 11.2. The van der Waals surface area contributed by atoms with Crippen LogP contribution in [0.5, 0.6) is 5.75 Å². The molecule has 0 heterocycles. The van der Waals surface area contributed by atoms with Crippen molar-refractivity contribution in [3.8, 4) is 5.75 Å². The topological polar surface area (TPSA) is 30.5 Å². The van der Waals surface area contributed by atoms with E-state index >= 15 is 0 Å². The van der Waals surface area contributed by atoms with E-state index in [2.05, 4.69) is 26.1 Å². The van der Waals surface area contributed by atoms with Crippen LogP contribution in [-0.4, -0.2) is 25.8 Å². The summed E-state index contributed by atoms with van der Waals surface area (Å²) in [4.78, 5) is 0. The van der Waals surface area contributed by atoms with Crippen LogP contribution in [0.2, 0.25) is 0 Å². The van der Waals surface area contributed by atoms with Gasteiger partial charge in [-0.3, -0.25) is 0 Å². The number of methoxy groups -OCH3 is 1. The molecule has 17 heavy (non-hydrogen) atoms. The van der Waals surface area contributed by atoms with Crippen molar-refractivity contribution in [1.82, 2.24) is 5.32 Å². The molecule has 0 saturated carbocycles. The number of rotatable bonds is 6. The summed E-state index contributed by atoms with van der Waals surface area (Å²) in [7, 11) is 1.70. The fourth-order valence-corrected chi connectivity index (χ4v) is 1.49. The summed E-state index contributed by atoms with van der Waals surface area (Å²) in [6.07, 6.45) is 0. The summed E-state index contributed by atoms with van der Waals surface area (Å²) in [5, 5.41) is 3.38. The lowest BCUT2D eigenvalue weighted by molar-refractivity contribution is 0.184. The monoisotopic (exact) mass is 237 g/mol. The molecule has 0 radical (unpaired) electrons. The molecule has 1 aromatic rings. The van der Waals surface area contributed by atoms with Gasteiger partial charge in [0.1, 0.15) is 12.4 Å². The maximum absolute atomic E-state index is 5.67. The van der Waals surface area contributed by atoms with Crippen molar-refractivity contribution in [3.05, 3.63) is 29.8 Å². The van der Waals surface area contributed by atoms with Gasteiger partial charge in [-0.15, -0.1) is 0 Å². The smallest absolute Gasteiger partial charge is 0.119 e. The highest BCUT2D eigenvalue weighted by Crippen LogP contribution is 2.13. The first-order valence-corrected chi connectivity index (χ1v) is 5.97. The van der Waals surface area contributed by atoms with Crippen molar-refractivity contribution in [3.63, 3.8) is 0 Å². The van der Waals surface area contributed by atoms with E-state index in [1.165, 1.54) is 0 Å². The Morgan fingerprint density at radius 2 is 2.00 bits per heavy atom. The summed E-state index contributed by atoms with van der Waals surface area (Å²) in [5.41, 5.74) is 1.27. The molecule has 0 amide bonds. The van der Waals surface area contributed by atoms with Gasteiger partial charge in [-0.2, -0.15) is 0 Å². The van der Waals surface area contributed by atoms with Crippen molar-refractivity contribution >= 4 is 0 Å². The molecule has 0 saturated heterocycles. The standard InChI is InChI=1S/C14H23NO2/c1-14(2,3)15-8-9-17-13-7-5-6-12(10-13)11-16-4/h5-7,10,15H,8-9,11H2,1-4H3. The molecule has 1 N–H and O–H groups in total. The Kier molecular flexibility index (Phi) is 5.45. The van der Waals surface area contributed by atoms with Gasteiger partial charge in [0.2, 0.25) is 0 Å². The third kappa shape index (κ3) is 6.29.